The number of carbonyl (C=O) groups is 1. The number of carbonyl (C=O) groups excluding carboxylic acids is 1. The molecule has 1 fully saturated rings. The summed E-state index contributed by atoms with van der Waals surface area (Å²) >= 11 is 0. The smallest absolute Gasteiger partial charge is 0.327 e. The monoisotopic (exact) mass is 258 g/mol. The zero-order valence-corrected chi connectivity index (χ0v) is 12.0. The molecule has 5 nitrogen and oxygen atoms in total. The third kappa shape index (κ3) is 3.93. The first-order valence-electron chi connectivity index (χ1n) is 6.65. The highest BCUT2D eigenvalue weighted by Gasteiger charge is 2.36. The van der Waals surface area contributed by atoms with Crippen molar-refractivity contribution in [3.05, 3.63) is 0 Å². The van der Waals surface area contributed by atoms with Gasteiger partial charge in [0.05, 0.1) is 7.11 Å². The van der Waals surface area contributed by atoms with Crippen LogP contribution in [0.25, 0.3) is 0 Å². The van der Waals surface area contributed by atoms with E-state index in [1.807, 2.05) is 13.8 Å². The van der Waals surface area contributed by atoms with Crippen LogP contribution in [-0.4, -0.2) is 62.9 Å². The molecule has 0 amide bonds. The van der Waals surface area contributed by atoms with Crippen molar-refractivity contribution in [3.8, 4) is 0 Å². The maximum absolute atomic E-state index is 11.9. The Labute approximate surface area is 110 Å². The first-order chi connectivity index (χ1) is 8.53. The molecule has 0 aromatic heterocycles. The Kier molecular flexibility index (Phi) is 6.05. The van der Waals surface area contributed by atoms with Gasteiger partial charge in [0.2, 0.25) is 0 Å². The Morgan fingerprint density at radius 1 is 1.50 bits per heavy atom. The minimum Gasteiger partial charge on any atom is -0.468 e. The SMILES string of the molecule is CCNC(C)(CN(C)C1CCOCC1)C(=O)OC. The Bertz CT molecular complexity index is 267. The van der Waals surface area contributed by atoms with Crippen molar-refractivity contribution in [2.75, 3.05) is 40.5 Å². The molecule has 1 heterocycles. The quantitative estimate of drug-likeness (QED) is 0.709. The molecule has 1 N–H and O–H groups in total. The first kappa shape index (κ1) is 15.4. The van der Waals surface area contributed by atoms with E-state index in [0.717, 1.165) is 32.6 Å². The lowest BCUT2D eigenvalue weighted by atomic mass is 9.99. The van der Waals surface area contributed by atoms with Crippen LogP contribution < -0.4 is 5.32 Å². The van der Waals surface area contributed by atoms with Gasteiger partial charge < -0.3 is 19.7 Å². The van der Waals surface area contributed by atoms with Crippen molar-refractivity contribution in [3.63, 3.8) is 0 Å². The maximum Gasteiger partial charge on any atom is 0.327 e. The number of ether oxygens (including phenoxy) is 2. The van der Waals surface area contributed by atoms with Crippen LogP contribution in [0, 0.1) is 0 Å². The average molecular weight is 258 g/mol. The van der Waals surface area contributed by atoms with Crippen molar-refractivity contribution < 1.29 is 14.3 Å². The third-order valence-electron chi connectivity index (χ3n) is 3.58. The number of hydrogen-bond donors (Lipinski definition) is 1. The summed E-state index contributed by atoms with van der Waals surface area (Å²) in [5.74, 6) is -0.205. The molecule has 0 bridgehead atoms. The van der Waals surface area contributed by atoms with Gasteiger partial charge in [-0.25, -0.2) is 0 Å². The van der Waals surface area contributed by atoms with Crippen LogP contribution in [0.2, 0.25) is 0 Å². The fourth-order valence-electron chi connectivity index (χ4n) is 2.56. The Morgan fingerprint density at radius 2 is 2.11 bits per heavy atom. The van der Waals surface area contributed by atoms with E-state index in [9.17, 15) is 4.79 Å². The van der Waals surface area contributed by atoms with Gasteiger partial charge in [-0.3, -0.25) is 4.79 Å². The second-order valence-electron chi connectivity index (χ2n) is 5.11. The predicted molar refractivity (Wildman–Crippen MR) is 70.6 cm³/mol. The van der Waals surface area contributed by atoms with Gasteiger partial charge in [-0.1, -0.05) is 6.92 Å². The van der Waals surface area contributed by atoms with E-state index in [2.05, 4.69) is 17.3 Å². The van der Waals surface area contributed by atoms with E-state index >= 15 is 0 Å². The van der Waals surface area contributed by atoms with Crippen LogP contribution in [0.15, 0.2) is 0 Å². The molecule has 1 atom stereocenters. The zero-order valence-electron chi connectivity index (χ0n) is 12.0. The summed E-state index contributed by atoms with van der Waals surface area (Å²) in [5.41, 5.74) is -0.642. The summed E-state index contributed by atoms with van der Waals surface area (Å²) < 4.78 is 10.3. The van der Waals surface area contributed by atoms with E-state index in [1.165, 1.54) is 7.11 Å². The lowest BCUT2D eigenvalue weighted by Gasteiger charge is -2.37. The van der Waals surface area contributed by atoms with Gasteiger partial charge in [-0.15, -0.1) is 0 Å². The lowest BCUT2D eigenvalue weighted by molar-refractivity contribution is -0.149. The number of likely N-dealkylation sites (N-methyl/N-ethyl adjacent to an activating group) is 2. The Hall–Kier alpha value is -0.650. The summed E-state index contributed by atoms with van der Waals surface area (Å²) in [7, 11) is 3.50. The third-order valence-corrected chi connectivity index (χ3v) is 3.58. The van der Waals surface area contributed by atoms with E-state index in [0.29, 0.717) is 12.6 Å². The van der Waals surface area contributed by atoms with Crippen molar-refractivity contribution in [1.29, 1.82) is 0 Å². The van der Waals surface area contributed by atoms with E-state index in [-0.39, 0.29) is 5.97 Å². The standard InChI is InChI=1S/C13H26N2O3/c1-5-14-13(2,12(16)17-4)10-15(3)11-6-8-18-9-7-11/h11,14H,5-10H2,1-4H3. The summed E-state index contributed by atoms with van der Waals surface area (Å²) in [6.07, 6.45) is 2.06. The topological polar surface area (TPSA) is 50.8 Å². The maximum atomic E-state index is 11.9. The molecule has 5 heteroatoms. The van der Waals surface area contributed by atoms with Gasteiger partial charge in [0.25, 0.3) is 0 Å². The molecule has 0 saturated carbocycles. The highest BCUT2D eigenvalue weighted by Crippen LogP contribution is 2.16. The molecule has 0 aliphatic carbocycles. The second-order valence-corrected chi connectivity index (χ2v) is 5.11. The van der Waals surface area contributed by atoms with Crippen molar-refractivity contribution in [2.45, 2.75) is 38.3 Å². The van der Waals surface area contributed by atoms with E-state index < -0.39 is 5.54 Å². The fourth-order valence-corrected chi connectivity index (χ4v) is 2.56. The molecule has 106 valence electrons. The molecule has 1 aliphatic heterocycles. The molecule has 1 aliphatic rings. The van der Waals surface area contributed by atoms with Crippen LogP contribution in [0.4, 0.5) is 0 Å². The summed E-state index contributed by atoms with van der Waals surface area (Å²) in [6, 6.07) is 0.487. The number of rotatable bonds is 6. The number of hydrogen-bond acceptors (Lipinski definition) is 5. The van der Waals surface area contributed by atoms with Crippen molar-refractivity contribution in [1.82, 2.24) is 10.2 Å². The van der Waals surface area contributed by atoms with Crippen LogP contribution in [0.3, 0.4) is 0 Å². The van der Waals surface area contributed by atoms with Gasteiger partial charge in [0.1, 0.15) is 5.54 Å². The molecule has 0 aromatic carbocycles. The molecule has 0 spiro atoms. The molecular weight excluding hydrogens is 232 g/mol. The van der Waals surface area contributed by atoms with Crippen LogP contribution in [-0.2, 0) is 14.3 Å². The minimum absolute atomic E-state index is 0.205. The zero-order chi connectivity index (χ0) is 13.6. The summed E-state index contributed by atoms with van der Waals surface area (Å²) in [4.78, 5) is 14.1. The van der Waals surface area contributed by atoms with Gasteiger partial charge in [-0.05, 0) is 33.4 Å². The van der Waals surface area contributed by atoms with Crippen LogP contribution >= 0.6 is 0 Å². The summed E-state index contributed by atoms with van der Waals surface area (Å²) in [5, 5.41) is 3.23. The molecule has 1 saturated heterocycles. The molecule has 18 heavy (non-hydrogen) atoms. The number of nitrogens with one attached hydrogen (secondary N) is 1. The highest BCUT2D eigenvalue weighted by atomic mass is 16.5. The van der Waals surface area contributed by atoms with E-state index in [4.69, 9.17) is 9.47 Å². The second kappa shape index (κ2) is 7.07. The van der Waals surface area contributed by atoms with Gasteiger partial charge in [0.15, 0.2) is 0 Å². The minimum atomic E-state index is -0.642. The van der Waals surface area contributed by atoms with Gasteiger partial charge in [0, 0.05) is 25.8 Å². The van der Waals surface area contributed by atoms with Crippen molar-refractivity contribution >= 4 is 5.97 Å². The van der Waals surface area contributed by atoms with Crippen molar-refractivity contribution in [2.24, 2.45) is 0 Å². The molecule has 1 rings (SSSR count). The number of methoxy groups -OCH3 is 1. The van der Waals surface area contributed by atoms with Crippen LogP contribution in [0.1, 0.15) is 26.7 Å². The van der Waals surface area contributed by atoms with E-state index in [1.54, 1.807) is 0 Å². The molecule has 0 radical (unpaired) electrons. The molecular formula is C13H26N2O3. The number of nitrogens with zero attached hydrogens (tertiary/aromatic N) is 1. The average Bonchev–Trinajstić information content (AvgIpc) is 2.39. The Balaban J connectivity index is 2.61. The highest BCUT2D eigenvalue weighted by molar-refractivity contribution is 5.80. The largest absolute Gasteiger partial charge is 0.468 e. The normalized spacial score (nSPS) is 20.7. The first-order valence-corrected chi connectivity index (χ1v) is 6.65. The lowest BCUT2D eigenvalue weighted by Crippen LogP contribution is -2.58. The molecule has 1 unspecified atom stereocenters. The predicted octanol–water partition coefficient (Wildman–Crippen LogP) is 0.638. The molecule has 0 aromatic rings. The fraction of sp³-hybridized carbons (Fsp3) is 0.923. The van der Waals surface area contributed by atoms with Crippen LogP contribution in [0.5, 0.6) is 0 Å². The van der Waals surface area contributed by atoms with Gasteiger partial charge >= 0.3 is 5.97 Å². The Morgan fingerprint density at radius 3 is 2.61 bits per heavy atom. The summed E-state index contributed by atoms with van der Waals surface area (Å²) in [6.45, 7) is 6.91. The van der Waals surface area contributed by atoms with Gasteiger partial charge in [-0.2, -0.15) is 0 Å². The number of esters is 1.